The first-order valence-corrected chi connectivity index (χ1v) is 9.55. The number of nitrogens with zero attached hydrogens (tertiary/aromatic N) is 1. The van der Waals surface area contributed by atoms with Crippen LogP contribution < -0.4 is 10.2 Å². The molecule has 0 saturated heterocycles. The maximum atomic E-state index is 13.4. The summed E-state index contributed by atoms with van der Waals surface area (Å²) in [6, 6.07) is 22.8. The summed E-state index contributed by atoms with van der Waals surface area (Å²) in [4.78, 5) is 28.0. The van der Waals surface area contributed by atoms with E-state index in [-0.39, 0.29) is 11.8 Å². The van der Waals surface area contributed by atoms with Crippen molar-refractivity contribution in [2.24, 2.45) is 0 Å². The SMILES string of the molecule is Cc1ccc(C2=C(Nc3ccccc3C)C(=O)N(c3ccc(C)cc3)C2=O)cc1. The van der Waals surface area contributed by atoms with Gasteiger partial charge in [-0.25, -0.2) is 4.90 Å². The summed E-state index contributed by atoms with van der Waals surface area (Å²) in [5.41, 5.74) is 5.94. The minimum absolute atomic E-state index is 0.300. The second kappa shape index (κ2) is 7.40. The molecule has 0 unspecified atom stereocenters. The molecule has 3 aromatic rings. The topological polar surface area (TPSA) is 49.4 Å². The van der Waals surface area contributed by atoms with Gasteiger partial charge in [0.1, 0.15) is 5.70 Å². The molecule has 4 heteroatoms. The number of hydrogen-bond acceptors (Lipinski definition) is 3. The summed E-state index contributed by atoms with van der Waals surface area (Å²) in [7, 11) is 0. The molecule has 0 fully saturated rings. The summed E-state index contributed by atoms with van der Waals surface area (Å²) in [5, 5.41) is 3.23. The van der Waals surface area contributed by atoms with Gasteiger partial charge in [0.05, 0.1) is 11.3 Å². The molecule has 1 aliphatic heterocycles. The van der Waals surface area contributed by atoms with Crippen molar-refractivity contribution < 1.29 is 9.59 Å². The maximum absolute atomic E-state index is 13.4. The van der Waals surface area contributed by atoms with Crippen molar-refractivity contribution in [3.05, 3.63) is 101 Å². The van der Waals surface area contributed by atoms with Crippen LogP contribution in [-0.2, 0) is 9.59 Å². The van der Waals surface area contributed by atoms with Crippen molar-refractivity contribution in [3.63, 3.8) is 0 Å². The van der Waals surface area contributed by atoms with Gasteiger partial charge in [-0.15, -0.1) is 0 Å². The zero-order valence-electron chi connectivity index (χ0n) is 16.7. The van der Waals surface area contributed by atoms with Gasteiger partial charge in [-0.2, -0.15) is 0 Å². The summed E-state index contributed by atoms with van der Waals surface area (Å²) >= 11 is 0. The van der Waals surface area contributed by atoms with E-state index in [2.05, 4.69) is 5.32 Å². The smallest absolute Gasteiger partial charge is 0.282 e. The monoisotopic (exact) mass is 382 g/mol. The fraction of sp³-hybridized carbons (Fsp3) is 0.120. The van der Waals surface area contributed by atoms with Crippen molar-refractivity contribution in [1.82, 2.24) is 0 Å². The molecule has 3 aromatic carbocycles. The van der Waals surface area contributed by atoms with Gasteiger partial charge in [0.2, 0.25) is 0 Å². The molecule has 0 spiro atoms. The number of carbonyl (C=O) groups is 2. The summed E-state index contributed by atoms with van der Waals surface area (Å²) in [6.45, 7) is 5.93. The number of benzene rings is 3. The van der Waals surface area contributed by atoms with E-state index in [1.165, 1.54) is 4.90 Å². The highest BCUT2D eigenvalue weighted by Crippen LogP contribution is 2.34. The van der Waals surface area contributed by atoms with Crippen LogP contribution in [0.25, 0.3) is 5.57 Å². The fourth-order valence-corrected chi connectivity index (χ4v) is 3.41. The average molecular weight is 382 g/mol. The molecule has 0 radical (unpaired) electrons. The van der Waals surface area contributed by atoms with Crippen molar-refractivity contribution in [1.29, 1.82) is 0 Å². The number of imide groups is 1. The van der Waals surface area contributed by atoms with Crippen molar-refractivity contribution in [2.75, 3.05) is 10.2 Å². The van der Waals surface area contributed by atoms with Crippen LogP contribution in [0.3, 0.4) is 0 Å². The number of nitrogens with one attached hydrogen (secondary N) is 1. The van der Waals surface area contributed by atoms with E-state index in [9.17, 15) is 9.59 Å². The normalized spacial score (nSPS) is 14.0. The Balaban J connectivity index is 1.83. The Morgan fingerprint density at radius 2 is 1.28 bits per heavy atom. The zero-order valence-corrected chi connectivity index (χ0v) is 16.7. The quantitative estimate of drug-likeness (QED) is 0.646. The molecule has 29 heavy (non-hydrogen) atoms. The van der Waals surface area contributed by atoms with Crippen LogP contribution in [0.5, 0.6) is 0 Å². The minimum Gasteiger partial charge on any atom is -0.350 e. The Bertz CT molecular complexity index is 1130. The molecular weight excluding hydrogens is 360 g/mol. The van der Waals surface area contributed by atoms with E-state index < -0.39 is 0 Å². The van der Waals surface area contributed by atoms with Crippen LogP contribution in [0.1, 0.15) is 22.3 Å². The lowest BCUT2D eigenvalue weighted by molar-refractivity contribution is -0.120. The van der Waals surface area contributed by atoms with Gasteiger partial charge in [0.15, 0.2) is 0 Å². The zero-order chi connectivity index (χ0) is 20.5. The van der Waals surface area contributed by atoms with Gasteiger partial charge >= 0.3 is 0 Å². The average Bonchev–Trinajstić information content (AvgIpc) is 2.95. The summed E-state index contributed by atoms with van der Waals surface area (Å²) < 4.78 is 0. The Morgan fingerprint density at radius 1 is 0.690 bits per heavy atom. The predicted octanol–water partition coefficient (Wildman–Crippen LogP) is 5.01. The standard InChI is InChI=1S/C25H22N2O2/c1-16-8-12-19(13-9-16)22-23(26-21-7-5-4-6-18(21)3)25(29)27(24(22)28)20-14-10-17(2)11-15-20/h4-15,26H,1-3H3. The second-order valence-corrected chi connectivity index (χ2v) is 7.34. The van der Waals surface area contributed by atoms with Gasteiger partial charge in [0, 0.05) is 5.69 Å². The Kier molecular flexibility index (Phi) is 4.77. The van der Waals surface area contributed by atoms with Gasteiger partial charge in [-0.05, 0) is 50.1 Å². The van der Waals surface area contributed by atoms with E-state index in [0.717, 1.165) is 27.9 Å². The molecule has 2 amide bonds. The van der Waals surface area contributed by atoms with E-state index in [1.54, 1.807) is 12.1 Å². The molecule has 4 nitrogen and oxygen atoms in total. The van der Waals surface area contributed by atoms with Crippen LogP contribution in [0.2, 0.25) is 0 Å². The summed E-state index contributed by atoms with van der Waals surface area (Å²) in [6.07, 6.45) is 0. The largest absolute Gasteiger partial charge is 0.350 e. The van der Waals surface area contributed by atoms with Crippen LogP contribution in [0.15, 0.2) is 78.5 Å². The molecular formula is C25H22N2O2. The van der Waals surface area contributed by atoms with Gasteiger partial charge in [-0.1, -0.05) is 65.7 Å². The van der Waals surface area contributed by atoms with Crippen molar-refractivity contribution in [3.8, 4) is 0 Å². The molecule has 1 N–H and O–H groups in total. The Morgan fingerprint density at radius 3 is 1.90 bits per heavy atom. The first-order chi connectivity index (χ1) is 14.0. The third-order valence-electron chi connectivity index (χ3n) is 5.12. The third kappa shape index (κ3) is 3.45. The lowest BCUT2D eigenvalue weighted by atomic mass is 10.0. The van der Waals surface area contributed by atoms with Gasteiger partial charge in [0.25, 0.3) is 11.8 Å². The first-order valence-electron chi connectivity index (χ1n) is 9.55. The van der Waals surface area contributed by atoms with E-state index in [0.29, 0.717) is 17.0 Å². The molecule has 0 bridgehead atoms. The van der Waals surface area contributed by atoms with Crippen molar-refractivity contribution >= 4 is 28.8 Å². The van der Waals surface area contributed by atoms with E-state index in [1.807, 2.05) is 81.4 Å². The van der Waals surface area contributed by atoms with E-state index >= 15 is 0 Å². The highest BCUT2D eigenvalue weighted by Gasteiger charge is 2.40. The Labute approximate surface area is 170 Å². The maximum Gasteiger partial charge on any atom is 0.282 e. The van der Waals surface area contributed by atoms with Gasteiger partial charge < -0.3 is 5.32 Å². The van der Waals surface area contributed by atoms with Crippen LogP contribution in [0.4, 0.5) is 11.4 Å². The minimum atomic E-state index is -0.349. The van der Waals surface area contributed by atoms with Crippen LogP contribution in [0, 0.1) is 20.8 Å². The first kappa shape index (κ1) is 18.7. The molecule has 0 aliphatic carbocycles. The second-order valence-electron chi connectivity index (χ2n) is 7.34. The molecule has 1 heterocycles. The number of para-hydroxylation sites is 1. The lowest BCUT2D eigenvalue weighted by Crippen LogP contribution is -2.32. The van der Waals surface area contributed by atoms with E-state index in [4.69, 9.17) is 0 Å². The summed E-state index contributed by atoms with van der Waals surface area (Å²) in [5.74, 6) is -0.670. The highest BCUT2D eigenvalue weighted by atomic mass is 16.2. The molecule has 0 saturated carbocycles. The number of aryl methyl sites for hydroxylation is 3. The van der Waals surface area contributed by atoms with Crippen LogP contribution >= 0.6 is 0 Å². The fourth-order valence-electron chi connectivity index (χ4n) is 3.41. The lowest BCUT2D eigenvalue weighted by Gasteiger charge is -2.16. The Hall–Kier alpha value is -3.66. The molecule has 0 aromatic heterocycles. The highest BCUT2D eigenvalue weighted by molar-refractivity contribution is 6.46. The molecule has 4 rings (SSSR count). The number of amides is 2. The predicted molar refractivity (Wildman–Crippen MR) is 117 cm³/mol. The molecule has 0 atom stereocenters. The van der Waals surface area contributed by atoms with Gasteiger partial charge in [-0.3, -0.25) is 9.59 Å². The van der Waals surface area contributed by atoms with Crippen LogP contribution in [-0.4, -0.2) is 11.8 Å². The van der Waals surface area contributed by atoms with Crippen molar-refractivity contribution in [2.45, 2.75) is 20.8 Å². The number of anilines is 2. The number of carbonyl (C=O) groups excluding carboxylic acids is 2. The third-order valence-corrected chi connectivity index (χ3v) is 5.12. The number of hydrogen-bond donors (Lipinski definition) is 1. The molecule has 144 valence electrons. The molecule has 1 aliphatic rings. The number of rotatable bonds is 4.